The van der Waals surface area contributed by atoms with Gasteiger partial charge in [0.05, 0.1) is 5.69 Å². The van der Waals surface area contributed by atoms with Crippen molar-refractivity contribution in [1.29, 1.82) is 0 Å². The molecule has 6 nitrogen and oxygen atoms in total. The van der Waals surface area contributed by atoms with Crippen LogP contribution in [0.2, 0.25) is 0 Å². The Morgan fingerprint density at radius 2 is 1.69 bits per heavy atom. The molecular formula is C23H24N4O2. The summed E-state index contributed by atoms with van der Waals surface area (Å²) >= 11 is 0. The van der Waals surface area contributed by atoms with E-state index in [0.29, 0.717) is 11.1 Å². The van der Waals surface area contributed by atoms with Crippen LogP contribution < -0.4 is 11.1 Å². The zero-order chi connectivity index (χ0) is 20.7. The molecule has 0 atom stereocenters. The number of carbonyl (C=O) groups excluding carboxylic acids is 2. The second-order valence-corrected chi connectivity index (χ2v) is 7.73. The normalized spacial score (nSPS) is 13.3. The Balaban J connectivity index is 1.68. The number of carbonyl (C=O) groups is 2. The van der Waals surface area contributed by atoms with E-state index in [1.54, 1.807) is 22.8 Å². The van der Waals surface area contributed by atoms with Gasteiger partial charge in [-0.2, -0.15) is 0 Å². The van der Waals surface area contributed by atoms with E-state index in [1.165, 1.54) is 6.33 Å². The van der Waals surface area contributed by atoms with E-state index >= 15 is 0 Å². The number of aromatic nitrogens is 2. The lowest BCUT2D eigenvalue weighted by Crippen LogP contribution is -2.25. The SMILES string of the molecule is Cc1ccc(C(=O)c2ncn(-c3cc(C(=O)NC4CC4)ccc3C)c2N)cc1C. The van der Waals surface area contributed by atoms with Gasteiger partial charge in [-0.05, 0) is 68.5 Å². The van der Waals surface area contributed by atoms with Gasteiger partial charge in [0.25, 0.3) is 5.91 Å². The van der Waals surface area contributed by atoms with Gasteiger partial charge in [-0.1, -0.05) is 18.2 Å². The lowest BCUT2D eigenvalue weighted by atomic mass is 10.0. The highest BCUT2D eigenvalue weighted by Crippen LogP contribution is 2.25. The standard InChI is InChI=1S/C23H24N4O2/c1-13-4-6-16(10-15(13)3)21(28)20-22(24)27(12-25-20)19-11-17(7-5-14(19)2)23(29)26-18-8-9-18/h4-7,10-12,18H,8-9,24H2,1-3H3,(H,26,29). The molecule has 1 aromatic heterocycles. The number of nitrogens with one attached hydrogen (secondary N) is 1. The summed E-state index contributed by atoms with van der Waals surface area (Å²) in [6, 6.07) is 11.3. The van der Waals surface area contributed by atoms with Crippen molar-refractivity contribution in [2.45, 2.75) is 39.7 Å². The van der Waals surface area contributed by atoms with Gasteiger partial charge in [-0.25, -0.2) is 4.98 Å². The minimum absolute atomic E-state index is 0.0983. The number of amides is 1. The number of aryl methyl sites for hydroxylation is 3. The number of nitrogen functional groups attached to an aromatic ring is 1. The molecule has 0 radical (unpaired) electrons. The second-order valence-electron chi connectivity index (χ2n) is 7.73. The Morgan fingerprint density at radius 1 is 1.00 bits per heavy atom. The molecule has 1 amide bonds. The van der Waals surface area contributed by atoms with Gasteiger partial charge in [0.2, 0.25) is 5.78 Å². The van der Waals surface area contributed by atoms with Crippen LogP contribution in [0.5, 0.6) is 0 Å². The predicted molar refractivity (Wildman–Crippen MR) is 113 cm³/mol. The molecular weight excluding hydrogens is 364 g/mol. The molecule has 6 heteroatoms. The van der Waals surface area contributed by atoms with Crippen molar-refractivity contribution >= 4 is 17.5 Å². The average Bonchev–Trinajstić information content (AvgIpc) is 3.43. The molecule has 3 aromatic rings. The summed E-state index contributed by atoms with van der Waals surface area (Å²) in [6.45, 7) is 5.90. The number of hydrogen-bond donors (Lipinski definition) is 2. The number of nitrogens with zero attached hydrogens (tertiary/aromatic N) is 2. The summed E-state index contributed by atoms with van der Waals surface area (Å²) in [7, 11) is 0. The van der Waals surface area contributed by atoms with E-state index in [9.17, 15) is 9.59 Å². The molecule has 0 spiro atoms. The molecule has 1 fully saturated rings. The van der Waals surface area contributed by atoms with Crippen molar-refractivity contribution < 1.29 is 9.59 Å². The Morgan fingerprint density at radius 3 is 2.38 bits per heavy atom. The van der Waals surface area contributed by atoms with Crippen LogP contribution in [0.15, 0.2) is 42.7 Å². The Hall–Kier alpha value is -3.41. The van der Waals surface area contributed by atoms with E-state index < -0.39 is 0 Å². The van der Waals surface area contributed by atoms with Gasteiger partial charge in [-0.15, -0.1) is 0 Å². The minimum atomic E-state index is -0.218. The van der Waals surface area contributed by atoms with E-state index in [1.807, 2.05) is 39.0 Å². The number of anilines is 1. The molecule has 0 aliphatic heterocycles. The molecule has 4 rings (SSSR count). The third kappa shape index (κ3) is 3.66. The average molecular weight is 388 g/mol. The first-order valence-corrected chi connectivity index (χ1v) is 9.72. The first-order chi connectivity index (χ1) is 13.8. The Labute approximate surface area is 169 Å². The fourth-order valence-corrected chi connectivity index (χ4v) is 3.25. The Kier molecular flexibility index (Phi) is 4.70. The Bertz CT molecular complexity index is 1130. The van der Waals surface area contributed by atoms with Crippen LogP contribution in [-0.4, -0.2) is 27.3 Å². The van der Waals surface area contributed by atoms with Gasteiger partial charge in [0.15, 0.2) is 5.69 Å². The number of ketones is 1. The van der Waals surface area contributed by atoms with Crippen molar-refractivity contribution in [2.75, 3.05) is 5.73 Å². The number of nitrogens with two attached hydrogens (primary N) is 1. The fourth-order valence-electron chi connectivity index (χ4n) is 3.25. The van der Waals surface area contributed by atoms with Crippen molar-refractivity contribution in [3.05, 3.63) is 76.2 Å². The van der Waals surface area contributed by atoms with Crippen LogP contribution in [0.1, 0.15) is 55.9 Å². The molecule has 1 saturated carbocycles. The number of benzene rings is 2. The third-order valence-corrected chi connectivity index (χ3v) is 5.43. The van der Waals surface area contributed by atoms with Crippen molar-refractivity contribution in [2.24, 2.45) is 0 Å². The van der Waals surface area contributed by atoms with Crippen LogP contribution >= 0.6 is 0 Å². The summed E-state index contributed by atoms with van der Waals surface area (Å²) in [5, 5.41) is 2.99. The molecule has 0 unspecified atom stereocenters. The quantitative estimate of drug-likeness (QED) is 0.655. The molecule has 3 N–H and O–H groups in total. The largest absolute Gasteiger partial charge is 0.383 e. The molecule has 0 bridgehead atoms. The van der Waals surface area contributed by atoms with Gasteiger partial charge in [-0.3, -0.25) is 14.2 Å². The summed E-state index contributed by atoms with van der Waals surface area (Å²) in [5.74, 6) is -0.0559. The van der Waals surface area contributed by atoms with Gasteiger partial charge < -0.3 is 11.1 Å². The highest BCUT2D eigenvalue weighted by molar-refractivity contribution is 6.10. The van der Waals surface area contributed by atoms with Crippen LogP contribution in [0.3, 0.4) is 0 Å². The summed E-state index contributed by atoms with van der Waals surface area (Å²) in [6.07, 6.45) is 3.60. The molecule has 1 aliphatic rings. The number of rotatable bonds is 5. The first kappa shape index (κ1) is 18.9. The molecule has 29 heavy (non-hydrogen) atoms. The molecule has 2 aromatic carbocycles. The molecule has 148 valence electrons. The minimum Gasteiger partial charge on any atom is -0.383 e. The molecule has 1 aliphatic carbocycles. The summed E-state index contributed by atoms with van der Waals surface area (Å²) in [5.41, 5.74) is 11.5. The van der Waals surface area contributed by atoms with Gasteiger partial charge >= 0.3 is 0 Å². The smallest absolute Gasteiger partial charge is 0.251 e. The zero-order valence-corrected chi connectivity index (χ0v) is 16.8. The monoisotopic (exact) mass is 388 g/mol. The lowest BCUT2D eigenvalue weighted by Gasteiger charge is -2.12. The number of hydrogen-bond acceptors (Lipinski definition) is 4. The topological polar surface area (TPSA) is 90.0 Å². The predicted octanol–water partition coefficient (Wildman–Crippen LogP) is 3.50. The molecule has 0 saturated heterocycles. The summed E-state index contributed by atoms with van der Waals surface area (Å²) < 4.78 is 1.66. The van der Waals surface area contributed by atoms with Crippen molar-refractivity contribution in [1.82, 2.24) is 14.9 Å². The van der Waals surface area contributed by atoms with Gasteiger partial charge in [0, 0.05) is 17.2 Å². The summed E-state index contributed by atoms with van der Waals surface area (Å²) in [4.78, 5) is 29.6. The van der Waals surface area contributed by atoms with E-state index in [0.717, 1.165) is 35.2 Å². The number of imidazole rings is 1. The van der Waals surface area contributed by atoms with Crippen molar-refractivity contribution in [3.63, 3.8) is 0 Å². The van der Waals surface area contributed by atoms with Gasteiger partial charge in [0.1, 0.15) is 12.1 Å². The van der Waals surface area contributed by atoms with E-state index in [2.05, 4.69) is 10.3 Å². The highest BCUT2D eigenvalue weighted by atomic mass is 16.1. The van der Waals surface area contributed by atoms with E-state index in [-0.39, 0.29) is 29.2 Å². The van der Waals surface area contributed by atoms with Crippen molar-refractivity contribution in [3.8, 4) is 5.69 Å². The third-order valence-electron chi connectivity index (χ3n) is 5.43. The maximum Gasteiger partial charge on any atom is 0.251 e. The maximum absolute atomic E-state index is 12.9. The molecule has 1 heterocycles. The fraction of sp³-hybridized carbons (Fsp3) is 0.261. The van der Waals surface area contributed by atoms with Crippen LogP contribution in [-0.2, 0) is 0 Å². The zero-order valence-electron chi connectivity index (χ0n) is 16.8. The second kappa shape index (κ2) is 7.20. The first-order valence-electron chi connectivity index (χ1n) is 9.72. The lowest BCUT2D eigenvalue weighted by molar-refractivity contribution is 0.0950. The van der Waals surface area contributed by atoms with Crippen LogP contribution in [0.4, 0.5) is 5.82 Å². The maximum atomic E-state index is 12.9. The van der Waals surface area contributed by atoms with Crippen LogP contribution in [0.25, 0.3) is 5.69 Å². The highest BCUT2D eigenvalue weighted by Gasteiger charge is 2.24. The van der Waals surface area contributed by atoms with Crippen LogP contribution in [0, 0.1) is 20.8 Å². The van der Waals surface area contributed by atoms with E-state index in [4.69, 9.17) is 5.73 Å².